The van der Waals surface area contributed by atoms with Crippen LogP contribution < -0.4 is 4.72 Å². The van der Waals surface area contributed by atoms with Gasteiger partial charge in [-0.15, -0.1) is 11.3 Å². The molecule has 0 amide bonds. The van der Waals surface area contributed by atoms with Crippen molar-refractivity contribution < 1.29 is 17.9 Å². The van der Waals surface area contributed by atoms with Crippen molar-refractivity contribution in [3.8, 4) is 0 Å². The fraction of sp³-hybridized carbons (Fsp3) is 0.643. The molecule has 0 aromatic carbocycles. The van der Waals surface area contributed by atoms with Gasteiger partial charge in [-0.05, 0) is 36.1 Å². The van der Waals surface area contributed by atoms with Crippen molar-refractivity contribution in [2.45, 2.75) is 44.4 Å². The molecule has 0 saturated heterocycles. The van der Waals surface area contributed by atoms with Crippen molar-refractivity contribution in [2.24, 2.45) is 5.41 Å². The number of aryl methyl sites for hydroxylation is 1. The number of thiophene rings is 1. The van der Waals surface area contributed by atoms with Gasteiger partial charge in [-0.3, -0.25) is 0 Å². The van der Waals surface area contributed by atoms with Crippen molar-refractivity contribution in [2.75, 3.05) is 13.7 Å². The summed E-state index contributed by atoms with van der Waals surface area (Å²) in [6.45, 7) is 4.20. The number of nitrogens with one attached hydrogen (secondary N) is 1. The van der Waals surface area contributed by atoms with Gasteiger partial charge in [-0.1, -0.05) is 19.8 Å². The minimum atomic E-state index is -3.70. The van der Waals surface area contributed by atoms with Gasteiger partial charge in [-0.25, -0.2) is 17.9 Å². The summed E-state index contributed by atoms with van der Waals surface area (Å²) in [6, 6.07) is 0. The van der Waals surface area contributed by atoms with Crippen molar-refractivity contribution >= 4 is 27.3 Å². The molecule has 118 valence electrons. The minimum Gasteiger partial charge on any atom is -0.465 e. The summed E-state index contributed by atoms with van der Waals surface area (Å²) in [5, 5.41) is 1.66. The Labute approximate surface area is 129 Å². The molecule has 0 aliphatic heterocycles. The van der Waals surface area contributed by atoms with E-state index in [-0.39, 0.29) is 15.2 Å². The van der Waals surface area contributed by atoms with Crippen LogP contribution in [0.4, 0.5) is 0 Å². The van der Waals surface area contributed by atoms with E-state index in [4.69, 9.17) is 0 Å². The van der Waals surface area contributed by atoms with Crippen LogP contribution in [0.1, 0.15) is 47.8 Å². The summed E-state index contributed by atoms with van der Waals surface area (Å²) >= 11 is 1.10. The third-order valence-electron chi connectivity index (χ3n) is 4.06. The van der Waals surface area contributed by atoms with Gasteiger partial charge >= 0.3 is 5.97 Å². The number of hydrogen-bond donors (Lipinski definition) is 1. The topological polar surface area (TPSA) is 72.5 Å². The normalized spacial score (nSPS) is 17.9. The van der Waals surface area contributed by atoms with E-state index in [1.165, 1.54) is 7.11 Å². The Bertz CT molecular complexity index is 627. The van der Waals surface area contributed by atoms with Gasteiger partial charge in [0.05, 0.1) is 7.11 Å². The molecule has 1 aliphatic rings. The zero-order valence-corrected chi connectivity index (χ0v) is 14.2. The molecule has 1 aliphatic carbocycles. The molecule has 5 nitrogen and oxygen atoms in total. The molecule has 7 heteroatoms. The van der Waals surface area contributed by atoms with Crippen LogP contribution in [0, 0.1) is 12.3 Å². The summed E-state index contributed by atoms with van der Waals surface area (Å²) in [6.07, 6.45) is 4.34. The molecular formula is C14H21NO4S2. The first-order valence-electron chi connectivity index (χ1n) is 6.95. The number of carbonyl (C=O) groups is 1. The maximum absolute atomic E-state index is 12.5. The summed E-state index contributed by atoms with van der Waals surface area (Å²) < 4.78 is 32.4. The first-order valence-corrected chi connectivity index (χ1v) is 9.31. The van der Waals surface area contributed by atoms with Gasteiger partial charge in [0.15, 0.2) is 0 Å². The van der Waals surface area contributed by atoms with Crippen LogP contribution in [-0.4, -0.2) is 28.0 Å². The molecule has 0 spiro atoms. The van der Waals surface area contributed by atoms with Crippen LogP contribution >= 0.6 is 11.3 Å². The number of carbonyl (C=O) groups excluding carboxylic acids is 1. The molecule has 0 unspecified atom stereocenters. The SMILES string of the molecule is COC(=O)c1scc(C)c1S(=O)(=O)NCC1(C)CCCC1. The maximum Gasteiger partial charge on any atom is 0.349 e. The molecule has 1 N–H and O–H groups in total. The average molecular weight is 331 g/mol. The molecule has 0 radical (unpaired) electrons. The monoisotopic (exact) mass is 331 g/mol. The zero-order chi connectivity index (χ0) is 15.7. The number of sulfonamides is 1. The fourth-order valence-electron chi connectivity index (χ4n) is 2.75. The predicted octanol–water partition coefficient (Wildman–Crippen LogP) is 2.70. The maximum atomic E-state index is 12.5. The lowest BCUT2D eigenvalue weighted by Gasteiger charge is -2.23. The highest BCUT2D eigenvalue weighted by Gasteiger charge is 2.33. The van der Waals surface area contributed by atoms with Gasteiger partial charge in [-0.2, -0.15) is 0 Å². The third-order valence-corrected chi connectivity index (χ3v) is 6.85. The Morgan fingerprint density at radius 1 is 1.43 bits per heavy atom. The van der Waals surface area contributed by atoms with E-state index in [0.717, 1.165) is 37.0 Å². The summed E-state index contributed by atoms with van der Waals surface area (Å²) in [7, 11) is -2.45. The summed E-state index contributed by atoms with van der Waals surface area (Å²) in [4.78, 5) is 11.9. The predicted molar refractivity (Wildman–Crippen MR) is 82.2 cm³/mol. The standard InChI is InChI=1S/C14H21NO4S2/c1-10-8-20-11(13(16)19-3)12(10)21(17,18)15-9-14(2)6-4-5-7-14/h8,15H,4-7,9H2,1-3H3. The first kappa shape index (κ1) is 16.5. The lowest BCUT2D eigenvalue weighted by atomic mass is 9.89. The molecule has 1 saturated carbocycles. The van der Waals surface area contributed by atoms with Crippen molar-refractivity contribution in [3.05, 3.63) is 15.8 Å². The highest BCUT2D eigenvalue weighted by molar-refractivity contribution is 7.89. The third kappa shape index (κ3) is 3.46. The van der Waals surface area contributed by atoms with Crippen molar-refractivity contribution in [3.63, 3.8) is 0 Å². The molecule has 0 atom stereocenters. The average Bonchev–Trinajstić information content (AvgIpc) is 3.03. The van der Waals surface area contributed by atoms with E-state index in [9.17, 15) is 13.2 Å². The van der Waals surface area contributed by atoms with E-state index in [2.05, 4.69) is 16.4 Å². The van der Waals surface area contributed by atoms with Crippen LogP contribution in [0.5, 0.6) is 0 Å². The number of ether oxygens (including phenoxy) is 1. The Kier molecular flexibility index (Phi) is 4.75. The molecule has 2 rings (SSSR count). The van der Waals surface area contributed by atoms with Crippen LogP contribution in [0.25, 0.3) is 0 Å². The molecule has 1 aromatic heterocycles. The second kappa shape index (κ2) is 6.06. The van der Waals surface area contributed by atoms with Crippen molar-refractivity contribution in [1.29, 1.82) is 0 Å². The highest BCUT2D eigenvalue weighted by Crippen LogP contribution is 2.37. The fourth-order valence-corrected chi connectivity index (χ4v) is 5.65. The number of rotatable bonds is 5. The van der Waals surface area contributed by atoms with E-state index >= 15 is 0 Å². The highest BCUT2D eigenvalue weighted by atomic mass is 32.2. The van der Waals surface area contributed by atoms with Gasteiger partial charge < -0.3 is 4.74 Å². The summed E-state index contributed by atoms with van der Waals surface area (Å²) in [5.41, 5.74) is 0.590. The Balaban J connectivity index is 2.23. The van der Waals surface area contributed by atoms with Gasteiger partial charge in [0.2, 0.25) is 10.0 Å². The lowest BCUT2D eigenvalue weighted by Crippen LogP contribution is -2.34. The van der Waals surface area contributed by atoms with E-state index in [1.807, 2.05) is 0 Å². The van der Waals surface area contributed by atoms with Gasteiger partial charge in [0.25, 0.3) is 0 Å². The van der Waals surface area contributed by atoms with Crippen LogP contribution in [0.2, 0.25) is 0 Å². The van der Waals surface area contributed by atoms with Crippen molar-refractivity contribution in [1.82, 2.24) is 4.72 Å². The summed E-state index contributed by atoms with van der Waals surface area (Å²) in [5.74, 6) is -0.611. The zero-order valence-electron chi connectivity index (χ0n) is 12.6. The Morgan fingerprint density at radius 3 is 2.62 bits per heavy atom. The molecule has 21 heavy (non-hydrogen) atoms. The van der Waals surface area contributed by atoms with E-state index < -0.39 is 16.0 Å². The molecular weight excluding hydrogens is 310 g/mol. The van der Waals surface area contributed by atoms with Crippen LogP contribution in [0.15, 0.2) is 10.3 Å². The Hall–Kier alpha value is -0.920. The lowest BCUT2D eigenvalue weighted by molar-refractivity contribution is 0.0602. The quantitative estimate of drug-likeness (QED) is 0.842. The molecule has 0 bridgehead atoms. The Morgan fingerprint density at radius 2 is 2.05 bits per heavy atom. The van der Waals surface area contributed by atoms with E-state index in [1.54, 1.807) is 12.3 Å². The van der Waals surface area contributed by atoms with E-state index in [0.29, 0.717) is 12.1 Å². The molecule has 1 aromatic rings. The van der Waals surface area contributed by atoms with Crippen LogP contribution in [-0.2, 0) is 14.8 Å². The van der Waals surface area contributed by atoms with Crippen LogP contribution in [0.3, 0.4) is 0 Å². The number of esters is 1. The smallest absolute Gasteiger partial charge is 0.349 e. The second-order valence-corrected chi connectivity index (χ2v) is 8.49. The largest absolute Gasteiger partial charge is 0.465 e. The van der Waals surface area contributed by atoms with Gasteiger partial charge in [0, 0.05) is 6.54 Å². The molecule has 1 heterocycles. The first-order chi connectivity index (χ1) is 9.79. The molecule has 1 fully saturated rings. The minimum absolute atomic E-state index is 0.0163. The number of hydrogen-bond acceptors (Lipinski definition) is 5. The second-order valence-electron chi connectivity index (χ2n) is 5.91. The number of methoxy groups -OCH3 is 1. The van der Waals surface area contributed by atoms with Gasteiger partial charge in [0.1, 0.15) is 9.77 Å².